The van der Waals surface area contributed by atoms with Crippen LogP contribution in [0.3, 0.4) is 0 Å². The van der Waals surface area contributed by atoms with Crippen molar-refractivity contribution in [3.8, 4) is 0 Å². The number of hydrogen-bond donors (Lipinski definition) is 2. The van der Waals surface area contributed by atoms with Crippen LogP contribution >= 0.6 is 12.6 Å². The molecule has 1 saturated heterocycles. The number of hydrogen-bond acceptors (Lipinski definition) is 3. The topological polar surface area (TPSA) is 23.5 Å². The highest BCUT2D eigenvalue weighted by molar-refractivity contribution is 7.80. The van der Waals surface area contributed by atoms with Crippen LogP contribution < -0.4 is 0 Å². The van der Waals surface area contributed by atoms with E-state index in [1.165, 1.54) is 0 Å². The van der Waals surface area contributed by atoms with E-state index in [0.29, 0.717) is 0 Å². The van der Waals surface area contributed by atoms with E-state index in [-0.39, 0.29) is 12.1 Å². The number of rotatable bonds is 3. The van der Waals surface area contributed by atoms with Crippen molar-refractivity contribution in [2.24, 2.45) is 0 Å². The molecule has 2 unspecified atom stereocenters. The number of nitrogens with zero attached hydrogens (tertiary/aromatic N) is 1. The summed E-state index contributed by atoms with van der Waals surface area (Å²) >= 11 is 4.18. The predicted molar refractivity (Wildman–Crippen MR) is 59.3 cm³/mol. The summed E-state index contributed by atoms with van der Waals surface area (Å²) < 4.78 is 0. The molecule has 0 aromatic rings. The fraction of sp³-hybridized carbons (Fsp3) is 0.800. The summed E-state index contributed by atoms with van der Waals surface area (Å²) in [7, 11) is 0. The Morgan fingerprint density at radius 3 is 3.00 bits per heavy atom. The summed E-state index contributed by atoms with van der Waals surface area (Å²) in [6, 6.07) is 0.269. The maximum Gasteiger partial charge on any atom is 0.0693 e. The fourth-order valence-corrected chi connectivity index (χ4v) is 1.85. The molecule has 3 heteroatoms. The van der Waals surface area contributed by atoms with Crippen molar-refractivity contribution < 1.29 is 5.11 Å². The molecule has 1 aliphatic heterocycles. The van der Waals surface area contributed by atoms with Gasteiger partial charge in [0.2, 0.25) is 0 Å². The van der Waals surface area contributed by atoms with Gasteiger partial charge in [0.1, 0.15) is 0 Å². The molecule has 1 aliphatic rings. The Kier molecular flexibility index (Phi) is 4.29. The monoisotopic (exact) mass is 201 g/mol. The lowest BCUT2D eigenvalue weighted by Gasteiger charge is -2.37. The van der Waals surface area contributed by atoms with Crippen molar-refractivity contribution >= 4 is 12.6 Å². The van der Waals surface area contributed by atoms with Crippen LogP contribution in [-0.2, 0) is 0 Å². The lowest BCUT2D eigenvalue weighted by Crippen LogP contribution is -2.46. The number of aliphatic hydroxyl groups excluding tert-OH is 1. The van der Waals surface area contributed by atoms with Gasteiger partial charge < -0.3 is 5.11 Å². The molecular weight excluding hydrogens is 182 g/mol. The van der Waals surface area contributed by atoms with Crippen LogP contribution in [0.5, 0.6) is 0 Å². The van der Waals surface area contributed by atoms with E-state index < -0.39 is 0 Å². The van der Waals surface area contributed by atoms with Gasteiger partial charge in [-0.15, -0.1) is 0 Å². The Morgan fingerprint density at radius 2 is 2.38 bits per heavy atom. The van der Waals surface area contributed by atoms with Crippen molar-refractivity contribution in [1.82, 2.24) is 4.90 Å². The van der Waals surface area contributed by atoms with Crippen molar-refractivity contribution in [3.05, 3.63) is 12.2 Å². The van der Waals surface area contributed by atoms with Crippen molar-refractivity contribution in [3.63, 3.8) is 0 Å². The maximum atomic E-state index is 9.64. The van der Waals surface area contributed by atoms with E-state index in [2.05, 4.69) is 31.0 Å². The van der Waals surface area contributed by atoms with Crippen LogP contribution in [0.15, 0.2) is 12.2 Å². The molecule has 0 spiro atoms. The largest absolute Gasteiger partial charge is 0.392 e. The lowest BCUT2D eigenvalue weighted by atomic mass is 10.00. The molecule has 0 saturated carbocycles. The molecule has 2 atom stereocenters. The van der Waals surface area contributed by atoms with Gasteiger partial charge in [0.25, 0.3) is 0 Å². The molecule has 13 heavy (non-hydrogen) atoms. The number of aliphatic hydroxyl groups is 1. The zero-order valence-corrected chi connectivity index (χ0v) is 9.13. The average molecular weight is 201 g/mol. The summed E-state index contributed by atoms with van der Waals surface area (Å²) in [6.07, 6.45) is 1.86. The normalized spacial score (nSPS) is 30.4. The molecule has 0 radical (unpaired) electrons. The standard InChI is InChI=1S/C10H19NOS/c1-8(7-13)6-11-5-3-4-10(12)9(11)2/h9-10,12-13H,1,3-7H2,2H3. The highest BCUT2D eigenvalue weighted by Crippen LogP contribution is 2.18. The van der Waals surface area contributed by atoms with Gasteiger partial charge in [-0.1, -0.05) is 12.2 Å². The zero-order valence-electron chi connectivity index (χ0n) is 8.24. The van der Waals surface area contributed by atoms with Gasteiger partial charge in [-0.25, -0.2) is 0 Å². The third-order valence-corrected chi connectivity index (χ3v) is 3.18. The minimum atomic E-state index is -0.165. The lowest BCUT2D eigenvalue weighted by molar-refractivity contribution is 0.0252. The molecule has 0 aromatic heterocycles. The molecule has 2 nitrogen and oxygen atoms in total. The second-order valence-corrected chi connectivity index (χ2v) is 4.14. The number of piperidine rings is 1. The number of likely N-dealkylation sites (tertiary alicyclic amines) is 1. The maximum absolute atomic E-state index is 9.64. The van der Waals surface area contributed by atoms with E-state index in [4.69, 9.17) is 0 Å². The first-order valence-corrected chi connectivity index (χ1v) is 5.48. The Bertz CT molecular complexity index is 184. The Balaban J connectivity index is 2.43. The average Bonchev–Trinajstić information content (AvgIpc) is 2.13. The van der Waals surface area contributed by atoms with Crippen LogP contribution in [-0.4, -0.2) is 41.0 Å². The molecule has 0 bridgehead atoms. The Morgan fingerprint density at radius 1 is 1.69 bits per heavy atom. The molecule has 1 fully saturated rings. The molecule has 0 aliphatic carbocycles. The second-order valence-electron chi connectivity index (χ2n) is 3.83. The van der Waals surface area contributed by atoms with Gasteiger partial charge in [-0.2, -0.15) is 12.6 Å². The third kappa shape index (κ3) is 3.01. The third-order valence-electron chi connectivity index (χ3n) is 2.73. The smallest absolute Gasteiger partial charge is 0.0693 e. The summed E-state index contributed by atoms with van der Waals surface area (Å²) in [5.74, 6) is 0.735. The van der Waals surface area contributed by atoms with Gasteiger partial charge in [-0.3, -0.25) is 4.90 Å². The second kappa shape index (κ2) is 5.03. The van der Waals surface area contributed by atoms with E-state index in [0.717, 1.165) is 37.3 Å². The first kappa shape index (κ1) is 11.1. The Hall–Kier alpha value is 0.01000. The zero-order chi connectivity index (χ0) is 9.84. The van der Waals surface area contributed by atoms with Crippen molar-refractivity contribution in [1.29, 1.82) is 0 Å². The van der Waals surface area contributed by atoms with E-state index in [1.54, 1.807) is 0 Å². The van der Waals surface area contributed by atoms with Gasteiger partial charge in [0.05, 0.1) is 6.10 Å². The summed E-state index contributed by atoms with van der Waals surface area (Å²) in [5, 5.41) is 9.64. The fourth-order valence-electron chi connectivity index (χ4n) is 1.75. The molecule has 1 N–H and O–H groups in total. The van der Waals surface area contributed by atoms with Crippen LogP contribution in [0.1, 0.15) is 19.8 Å². The summed E-state index contributed by atoms with van der Waals surface area (Å²) in [4.78, 5) is 2.28. The Labute approximate surface area is 86.0 Å². The number of thiol groups is 1. The van der Waals surface area contributed by atoms with Crippen molar-refractivity contribution in [2.75, 3.05) is 18.8 Å². The molecule has 1 rings (SSSR count). The minimum absolute atomic E-state index is 0.165. The SMILES string of the molecule is C=C(CS)CN1CCCC(O)C1C. The molecule has 1 heterocycles. The minimum Gasteiger partial charge on any atom is -0.392 e. The quantitative estimate of drug-likeness (QED) is 0.531. The van der Waals surface area contributed by atoms with E-state index >= 15 is 0 Å². The van der Waals surface area contributed by atoms with E-state index in [9.17, 15) is 5.11 Å². The van der Waals surface area contributed by atoms with Crippen LogP contribution in [0, 0.1) is 0 Å². The van der Waals surface area contributed by atoms with Crippen LogP contribution in [0.2, 0.25) is 0 Å². The molecule has 0 amide bonds. The van der Waals surface area contributed by atoms with Gasteiger partial charge >= 0.3 is 0 Å². The molecular formula is C10H19NOS. The van der Waals surface area contributed by atoms with Gasteiger partial charge in [0.15, 0.2) is 0 Å². The van der Waals surface area contributed by atoms with Crippen LogP contribution in [0.4, 0.5) is 0 Å². The molecule has 0 aromatic carbocycles. The summed E-state index contributed by atoms with van der Waals surface area (Å²) in [6.45, 7) is 7.96. The van der Waals surface area contributed by atoms with Gasteiger partial charge in [0, 0.05) is 18.3 Å². The van der Waals surface area contributed by atoms with Gasteiger partial charge in [-0.05, 0) is 26.3 Å². The molecule has 76 valence electrons. The first-order valence-electron chi connectivity index (χ1n) is 4.84. The first-order chi connectivity index (χ1) is 6.15. The van der Waals surface area contributed by atoms with E-state index in [1.807, 2.05) is 0 Å². The highest BCUT2D eigenvalue weighted by atomic mass is 32.1. The van der Waals surface area contributed by atoms with Crippen LogP contribution in [0.25, 0.3) is 0 Å². The predicted octanol–water partition coefficient (Wildman–Crippen LogP) is 1.32. The van der Waals surface area contributed by atoms with Crippen molar-refractivity contribution in [2.45, 2.75) is 31.9 Å². The summed E-state index contributed by atoms with van der Waals surface area (Å²) in [5.41, 5.74) is 1.13. The highest BCUT2D eigenvalue weighted by Gasteiger charge is 2.25.